The van der Waals surface area contributed by atoms with Crippen molar-refractivity contribution < 1.29 is 0 Å². The first-order valence-corrected chi connectivity index (χ1v) is 6.69. The molecule has 1 saturated carbocycles. The fourth-order valence-corrected chi connectivity index (χ4v) is 2.50. The van der Waals surface area contributed by atoms with E-state index in [9.17, 15) is 0 Å². The number of para-hydroxylation sites is 1. The summed E-state index contributed by atoms with van der Waals surface area (Å²) in [4.78, 5) is 0. The summed E-state index contributed by atoms with van der Waals surface area (Å²) in [6.45, 7) is 0.821. The molecule has 1 aromatic rings. The van der Waals surface area contributed by atoms with Gasteiger partial charge in [0.15, 0.2) is 0 Å². The highest BCUT2D eigenvalue weighted by atomic mass is 32.2. The van der Waals surface area contributed by atoms with Crippen LogP contribution < -0.4 is 5.32 Å². The molecule has 0 aliphatic heterocycles. The zero-order valence-corrected chi connectivity index (χ0v) is 10.5. The first-order valence-electron chi connectivity index (χ1n) is 5.47. The van der Waals surface area contributed by atoms with Crippen LogP contribution in [0, 0.1) is 22.7 Å². The summed E-state index contributed by atoms with van der Waals surface area (Å²) in [6.07, 6.45) is 4.52. The maximum absolute atomic E-state index is 9.04. The molecule has 0 saturated heterocycles. The molecule has 86 valence electrons. The van der Waals surface area contributed by atoms with Gasteiger partial charge in [-0.25, -0.2) is 0 Å². The molecular weight excluding hydrogens is 230 g/mol. The van der Waals surface area contributed by atoms with Crippen molar-refractivity contribution in [2.75, 3.05) is 18.1 Å². The van der Waals surface area contributed by atoms with Crippen LogP contribution in [0.15, 0.2) is 18.2 Å². The Hall–Kier alpha value is -1.65. The predicted molar refractivity (Wildman–Crippen MR) is 69.8 cm³/mol. The minimum atomic E-state index is 0.315. The molecule has 0 bridgehead atoms. The predicted octanol–water partition coefficient (Wildman–Crippen LogP) is 2.74. The third-order valence-electron chi connectivity index (χ3n) is 3.13. The molecule has 0 heterocycles. The van der Waals surface area contributed by atoms with Gasteiger partial charge in [-0.2, -0.15) is 22.3 Å². The fraction of sp³-hybridized carbons (Fsp3) is 0.385. The first-order chi connectivity index (χ1) is 8.24. The molecule has 0 spiro atoms. The molecule has 17 heavy (non-hydrogen) atoms. The van der Waals surface area contributed by atoms with Crippen molar-refractivity contribution in [2.45, 2.75) is 17.6 Å². The number of thioether (sulfide) groups is 1. The number of nitrogens with zero attached hydrogens (tertiary/aromatic N) is 2. The Morgan fingerprint density at radius 3 is 2.29 bits per heavy atom. The Bertz CT molecular complexity index is 474. The highest BCUT2D eigenvalue weighted by Crippen LogP contribution is 2.47. The third-order valence-corrected chi connectivity index (χ3v) is 4.55. The number of hydrogen-bond acceptors (Lipinski definition) is 4. The van der Waals surface area contributed by atoms with E-state index in [1.54, 1.807) is 18.2 Å². The summed E-state index contributed by atoms with van der Waals surface area (Å²) in [5, 5.41) is 21.3. The van der Waals surface area contributed by atoms with Gasteiger partial charge in [-0.3, -0.25) is 0 Å². The van der Waals surface area contributed by atoms with Crippen LogP contribution >= 0.6 is 11.8 Å². The molecule has 4 heteroatoms. The molecule has 0 radical (unpaired) electrons. The quantitative estimate of drug-likeness (QED) is 0.883. The third kappa shape index (κ3) is 2.38. The van der Waals surface area contributed by atoms with E-state index in [0.717, 1.165) is 6.54 Å². The normalized spacial score (nSPS) is 15.7. The number of rotatable bonds is 4. The van der Waals surface area contributed by atoms with Crippen LogP contribution in [0.25, 0.3) is 0 Å². The van der Waals surface area contributed by atoms with Crippen LogP contribution in [-0.2, 0) is 0 Å². The van der Waals surface area contributed by atoms with E-state index in [4.69, 9.17) is 10.5 Å². The zero-order chi connectivity index (χ0) is 12.3. The number of nitriles is 2. The molecule has 0 aromatic heterocycles. The van der Waals surface area contributed by atoms with Crippen LogP contribution in [0.4, 0.5) is 5.69 Å². The smallest absolute Gasteiger partial charge is 0.101 e. The van der Waals surface area contributed by atoms with Crippen molar-refractivity contribution in [2.24, 2.45) is 0 Å². The second kappa shape index (κ2) is 4.69. The van der Waals surface area contributed by atoms with Gasteiger partial charge in [-0.1, -0.05) is 6.07 Å². The first kappa shape index (κ1) is 11.8. The molecular formula is C13H13N3S. The lowest BCUT2D eigenvalue weighted by Crippen LogP contribution is -2.18. The number of benzene rings is 1. The van der Waals surface area contributed by atoms with Crippen LogP contribution in [0.1, 0.15) is 24.0 Å². The number of nitrogens with one attached hydrogen (secondary N) is 1. The van der Waals surface area contributed by atoms with E-state index in [1.165, 1.54) is 12.8 Å². The van der Waals surface area contributed by atoms with Crippen molar-refractivity contribution in [1.82, 2.24) is 0 Å². The Morgan fingerprint density at radius 2 is 1.88 bits per heavy atom. The van der Waals surface area contributed by atoms with E-state index >= 15 is 0 Å². The van der Waals surface area contributed by atoms with Gasteiger partial charge in [0.25, 0.3) is 0 Å². The van der Waals surface area contributed by atoms with Gasteiger partial charge >= 0.3 is 0 Å². The van der Waals surface area contributed by atoms with Crippen LogP contribution in [0.5, 0.6) is 0 Å². The monoisotopic (exact) mass is 243 g/mol. The molecule has 1 aliphatic rings. The molecule has 0 unspecified atom stereocenters. The molecule has 1 aliphatic carbocycles. The van der Waals surface area contributed by atoms with E-state index in [-0.39, 0.29) is 0 Å². The summed E-state index contributed by atoms with van der Waals surface area (Å²) in [5.41, 5.74) is 1.76. The lowest BCUT2D eigenvalue weighted by Gasteiger charge is -2.15. The van der Waals surface area contributed by atoms with E-state index < -0.39 is 0 Å². The Morgan fingerprint density at radius 1 is 1.29 bits per heavy atom. The Balaban J connectivity index is 2.20. The van der Waals surface area contributed by atoms with E-state index in [2.05, 4.69) is 23.7 Å². The van der Waals surface area contributed by atoms with E-state index in [1.807, 2.05) is 11.8 Å². The summed E-state index contributed by atoms with van der Waals surface area (Å²) in [5.74, 6) is 0. The average molecular weight is 243 g/mol. The average Bonchev–Trinajstić information content (AvgIpc) is 3.16. The van der Waals surface area contributed by atoms with E-state index in [0.29, 0.717) is 21.6 Å². The van der Waals surface area contributed by atoms with Crippen molar-refractivity contribution in [1.29, 1.82) is 10.5 Å². The minimum absolute atomic E-state index is 0.315. The second-order valence-electron chi connectivity index (χ2n) is 4.19. The summed E-state index contributed by atoms with van der Waals surface area (Å²) in [6, 6.07) is 9.46. The van der Waals surface area contributed by atoms with Crippen LogP contribution in [0.2, 0.25) is 0 Å². The van der Waals surface area contributed by atoms with Gasteiger partial charge in [0.1, 0.15) is 12.1 Å². The number of hydrogen-bond donors (Lipinski definition) is 1. The van der Waals surface area contributed by atoms with Crippen LogP contribution in [-0.4, -0.2) is 17.5 Å². The SMILES string of the molecule is CSC1(CNc2c(C#N)cccc2C#N)CC1. The fourth-order valence-electron chi connectivity index (χ4n) is 1.77. The molecule has 1 fully saturated rings. The highest BCUT2D eigenvalue weighted by molar-refractivity contribution is 8.00. The lowest BCUT2D eigenvalue weighted by molar-refractivity contribution is 0.948. The zero-order valence-electron chi connectivity index (χ0n) is 9.66. The maximum atomic E-state index is 9.04. The van der Waals surface area contributed by atoms with Gasteiger partial charge in [0.05, 0.1) is 16.8 Å². The summed E-state index contributed by atoms with van der Waals surface area (Å²) >= 11 is 1.86. The van der Waals surface area contributed by atoms with Crippen molar-refractivity contribution in [3.05, 3.63) is 29.3 Å². The van der Waals surface area contributed by atoms with Gasteiger partial charge in [0.2, 0.25) is 0 Å². The number of anilines is 1. The van der Waals surface area contributed by atoms with Crippen LogP contribution in [0.3, 0.4) is 0 Å². The Kier molecular flexibility index (Phi) is 3.26. The van der Waals surface area contributed by atoms with Gasteiger partial charge in [-0.15, -0.1) is 0 Å². The molecule has 2 rings (SSSR count). The van der Waals surface area contributed by atoms with Gasteiger partial charge in [0, 0.05) is 11.3 Å². The minimum Gasteiger partial charge on any atom is -0.382 e. The van der Waals surface area contributed by atoms with Crippen molar-refractivity contribution in [3.63, 3.8) is 0 Å². The molecule has 0 atom stereocenters. The highest BCUT2D eigenvalue weighted by Gasteiger charge is 2.41. The Labute approximate surface area is 105 Å². The summed E-state index contributed by atoms with van der Waals surface area (Å²) in [7, 11) is 0. The van der Waals surface area contributed by atoms with Gasteiger partial charge in [-0.05, 0) is 31.2 Å². The van der Waals surface area contributed by atoms with Crippen molar-refractivity contribution >= 4 is 17.4 Å². The standard InChI is InChI=1S/C13H13N3S/c1-17-13(5-6-13)9-16-12-10(7-14)3-2-4-11(12)8-15/h2-4,16H,5-6,9H2,1H3. The topological polar surface area (TPSA) is 59.6 Å². The molecule has 1 aromatic carbocycles. The lowest BCUT2D eigenvalue weighted by atomic mass is 10.1. The maximum Gasteiger partial charge on any atom is 0.101 e. The van der Waals surface area contributed by atoms with Gasteiger partial charge < -0.3 is 5.32 Å². The summed E-state index contributed by atoms with van der Waals surface area (Å²) < 4.78 is 0.315. The van der Waals surface area contributed by atoms with Crippen molar-refractivity contribution in [3.8, 4) is 12.1 Å². The molecule has 0 amide bonds. The largest absolute Gasteiger partial charge is 0.382 e. The molecule has 3 nitrogen and oxygen atoms in total. The second-order valence-corrected chi connectivity index (χ2v) is 5.47. The molecule has 1 N–H and O–H groups in total.